The number of hydrogen-bond acceptors (Lipinski definition) is 7. The molecule has 162 valence electrons. The number of amides is 1. The second kappa shape index (κ2) is 9.74. The fourth-order valence-electron chi connectivity index (χ4n) is 2.42. The maximum atomic E-state index is 12.5. The van der Waals surface area contributed by atoms with Crippen LogP contribution in [0.4, 0.5) is 30.5 Å². The molecule has 0 spiro atoms. The Morgan fingerprint density at radius 3 is 2.55 bits per heavy atom. The summed E-state index contributed by atoms with van der Waals surface area (Å²) in [4.78, 5) is 24.5. The lowest BCUT2D eigenvalue weighted by molar-refractivity contribution is -0.153. The quantitative estimate of drug-likeness (QED) is 0.549. The Balaban J connectivity index is 1.69. The van der Waals surface area contributed by atoms with Crippen LogP contribution in [0.5, 0.6) is 11.5 Å². The smallest absolute Gasteiger partial charge is 0.422 e. The van der Waals surface area contributed by atoms with E-state index in [0.717, 1.165) is 0 Å². The third-order valence-corrected chi connectivity index (χ3v) is 3.73. The second-order valence-corrected chi connectivity index (χ2v) is 6.08. The van der Waals surface area contributed by atoms with Crippen LogP contribution < -0.4 is 20.1 Å². The third-order valence-electron chi connectivity index (χ3n) is 3.73. The van der Waals surface area contributed by atoms with Crippen molar-refractivity contribution in [3.8, 4) is 11.5 Å². The molecular formula is C20H18F3N5O3. The largest absolute Gasteiger partial charge is 0.494 e. The van der Waals surface area contributed by atoms with Gasteiger partial charge < -0.3 is 20.1 Å². The third kappa shape index (κ3) is 6.56. The number of carbonyl (C=O) groups is 1. The molecule has 0 bridgehead atoms. The second-order valence-electron chi connectivity index (χ2n) is 6.08. The highest BCUT2D eigenvalue weighted by atomic mass is 19.4. The minimum atomic E-state index is -4.52. The highest BCUT2D eigenvalue weighted by molar-refractivity contribution is 6.03. The summed E-state index contributed by atoms with van der Waals surface area (Å²) in [6, 6.07) is 9.66. The van der Waals surface area contributed by atoms with Crippen LogP contribution in [-0.4, -0.2) is 40.2 Å². The van der Waals surface area contributed by atoms with Gasteiger partial charge >= 0.3 is 6.18 Å². The number of alkyl halides is 3. The first-order valence-corrected chi connectivity index (χ1v) is 9.12. The van der Waals surface area contributed by atoms with Gasteiger partial charge in [-0.3, -0.25) is 9.78 Å². The number of rotatable bonds is 8. The van der Waals surface area contributed by atoms with E-state index in [0.29, 0.717) is 18.0 Å². The van der Waals surface area contributed by atoms with E-state index < -0.39 is 18.7 Å². The molecule has 2 aromatic heterocycles. The van der Waals surface area contributed by atoms with E-state index >= 15 is 0 Å². The van der Waals surface area contributed by atoms with Gasteiger partial charge in [-0.2, -0.15) is 13.2 Å². The van der Waals surface area contributed by atoms with Crippen LogP contribution in [0.15, 0.2) is 55.0 Å². The van der Waals surface area contributed by atoms with Crippen molar-refractivity contribution in [2.45, 2.75) is 13.1 Å². The molecule has 31 heavy (non-hydrogen) atoms. The van der Waals surface area contributed by atoms with E-state index in [2.05, 4.69) is 25.6 Å². The van der Waals surface area contributed by atoms with Crippen molar-refractivity contribution in [2.24, 2.45) is 0 Å². The van der Waals surface area contributed by atoms with Gasteiger partial charge in [0.1, 0.15) is 22.9 Å². The molecular weight excluding hydrogens is 415 g/mol. The number of aromatic nitrogens is 3. The highest BCUT2D eigenvalue weighted by Gasteiger charge is 2.29. The van der Waals surface area contributed by atoms with Crippen LogP contribution in [0.3, 0.4) is 0 Å². The van der Waals surface area contributed by atoms with E-state index in [1.54, 1.807) is 24.3 Å². The number of benzene rings is 1. The van der Waals surface area contributed by atoms with Crippen LogP contribution in [0.2, 0.25) is 0 Å². The number of carbonyl (C=O) groups excluding carboxylic acids is 1. The molecule has 8 nitrogen and oxygen atoms in total. The molecule has 1 amide bonds. The Hall–Kier alpha value is -3.89. The first-order chi connectivity index (χ1) is 14.8. The van der Waals surface area contributed by atoms with Crippen LogP contribution in [0.25, 0.3) is 0 Å². The molecule has 0 fully saturated rings. The summed E-state index contributed by atoms with van der Waals surface area (Å²) in [5.74, 6) is 0.0446. The molecule has 0 saturated carbocycles. The van der Waals surface area contributed by atoms with Crippen LogP contribution in [-0.2, 0) is 0 Å². The summed E-state index contributed by atoms with van der Waals surface area (Å²) in [5.41, 5.74) is 0.654. The van der Waals surface area contributed by atoms with Crippen molar-refractivity contribution in [3.05, 3.63) is 60.7 Å². The summed E-state index contributed by atoms with van der Waals surface area (Å²) in [6.07, 6.45) is -0.698. The van der Waals surface area contributed by atoms with Gasteiger partial charge in [-0.15, -0.1) is 0 Å². The van der Waals surface area contributed by atoms with Gasteiger partial charge in [0, 0.05) is 24.1 Å². The maximum Gasteiger partial charge on any atom is 0.422 e. The van der Waals surface area contributed by atoms with Gasteiger partial charge in [0.15, 0.2) is 6.61 Å². The zero-order valence-electron chi connectivity index (χ0n) is 16.3. The van der Waals surface area contributed by atoms with Crippen molar-refractivity contribution < 1.29 is 27.4 Å². The number of halogens is 3. The minimum Gasteiger partial charge on any atom is -0.494 e. The molecule has 0 saturated heterocycles. The van der Waals surface area contributed by atoms with Crippen molar-refractivity contribution in [2.75, 3.05) is 23.8 Å². The number of hydrogen-bond donors (Lipinski definition) is 2. The van der Waals surface area contributed by atoms with Crippen LogP contribution in [0.1, 0.15) is 17.4 Å². The summed E-state index contributed by atoms with van der Waals surface area (Å²) in [6.45, 7) is 0.934. The predicted octanol–water partition coefficient (Wildman–Crippen LogP) is 4.21. The van der Waals surface area contributed by atoms with E-state index in [1.165, 1.54) is 30.7 Å². The first-order valence-electron chi connectivity index (χ1n) is 9.12. The van der Waals surface area contributed by atoms with E-state index in [4.69, 9.17) is 9.47 Å². The number of pyridine rings is 1. The SMILES string of the molecule is CCOc1ccc(Nc2nccc(C(=O)Nc3cnccc3OCC(F)(F)F)n2)cc1. The van der Waals surface area contributed by atoms with Crippen molar-refractivity contribution in [1.29, 1.82) is 0 Å². The molecule has 2 N–H and O–H groups in total. The molecule has 11 heteroatoms. The molecule has 0 radical (unpaired) electrons. The molecule has 0 aliphatic heterocycles. The molecule has 0 aliphatic carbocycles. The van der Waals surface area contributed by atoms with E-state index in [-0.39, 0.29) is 23.1 Å². The normalized spacial score (nSPS) is 11.0. The summed E-state index contributed by atoms with van der Waals surface area (Å²) in [7, 11) is 0. The molecule has 2 heterocycles. The number of anilines is 3. The Bertz CT molecular complexity index is 1030. The fourth-order valence-corrected chi connectivity index (χ4v) is 2.42. The van der Waals surface area contributed by atoms with Crippen LogP contribution in [0, 0.1) is 0 Å². The van der Waals surface area contributed by atoms with Gasteiger partial charge in [-0.1, -0.05) is 0 Å². The van der Waals surface area contributed by atoms with Gasteiger partial charge in [0.25, 0.3) is 5.91 Å². The van der Waals surface area contributed by atoms with Crippen LogP contribution >= 0.6 is 0 Å². The maximum absolute atomic E-state index is 12.5. The molecule has 0 unspecified atom stereocenters. The monoisotopic (exact) mass is 433 g/mol. The lowest BCUT2D eigenvalue weighted by atomic mass is 10.3. The van der Waals surface area contributed by atoms with E-state index in [1.807, 2.05) is 6.92 Å². The van der Waals surface area contributed by atoms with E-state index in [9.17, 15) is 18.0 Å². The Labute approximate surface area is 175 Å². The van der Waals surface area contributed by atoms with Crippen molar-refractivity contribution >= 4 is 23.2 Å². The summed E-state index contributed by atoms with van der Waals surface area (Å²) in [5, 5.41) is 5.41. The fraction of sp³-hybridized carbons (Fsp3) is 0.200. The summed E-state index contributed by atoms with van der Waals surface area (Å²) >= 11 is 0. The van der Waals surface area contributed by atoms with Gasteiger partial charge in [0.05, 0.1) is 12.8 Å². The number of nitrogens with zero attached hydrogens (tertiary/aromatic N) is 3. The molecule has 0 atom stereocenters. The molecule has 3 rings (SSSR count). The standard InChI is InChI=1S/C20H18F3N5O3/c1-2-30-14-5-3-13(4-6-14)26-19-25-10-7-15(28-19)18(29)27-16-11-24-9-8-17(16)31-12-20(21,22)23/h3-11H,2,12H2,1H3,(H,27,29)(H,25,26,28). The summed E-state index contributed by atoms with van der Waals surface area (Å²) < 4.78 is 47.4. The molecule has 3 aromatic rings. The Kier molecular flexibility index (Phi) is 6.85. The lowest BCUT2D eigenvalue weighted by Crippen LogP contribution is -2.21. The average Bonchev–Trinajstić information content (AvgIpc) is 2.74. The predicted molar refractivity (Wildman–Crippen MR) is 107 cm³/mol. The number of ether oxygens (including phenoxy) is 2. The average molecular weight is 433 g/mol. The first kappa shape index (κ1) is 21.8. The Morgan fingerprint density at radius 2 is 1.84 bits per heavy atom. The lowest BCUT2D eigenvalue weighted by Gasteiger charge is -2.13. The molecule has 1 aromatic carbocycles. The molecule has 0 aliphatic rings. The Morgan fingerprint density at radius 1 is 1.06 bits per heavy atom. The minimum absolute atomic E-state index is 0.00550. The van der Waals surface area contributed by atoms with Crippen molar-refractivity contribution in [1.82, 2.24) is 15.0 Å². The highest BCUT2D eigenvalue weighted by Crippen LogP contribution is 2.26. The topological polar surface area (TPSA) is 98.3 Å². The van der Waals surface area contributed by atoms with Gasteiger partial charge in [0.2, 0.25) is 5.95 Å². The zero-order chi connectivity index (χ0) is 22.3. The zero-order valence-corrected chi connectivity index (χ0v) is 16.3. The number of nitrogens with one attached hydrogen (secondary N) is 2. The van der Waals surface area contributed by atoms with Crippen molar-refractivity contribution in [3.63, 3.8) is 0 Å². The van der Waals surface area contributed by atoms with Gasteiger partial charge in [-0.25, -0.2) is 9.97 Å². The van der Waals surface area contributed by atoms with Gasteiger partial charge in [-0.05, 0) is 37.3 Å².